The molecule has 1 fully saturated rings. The Labute approximate surface area is 136 Å². The fraction of sp³-hybridized carbons (Fsp3) is 0.350. The highest BCUT2D eigenvalue weighted by atomic mass is 16.6. The van der Waals surface area contributed by atoms with Crippen LogP contribution in [0.3, 0.4) is 0 Å². The summed E-state index contributed by atoms with van der Waals surface area (Å²) in [7, 11) is 0. The second-order valence-corrected chi connectivity index (χ2v) is 6.70. The number of likely N-dealkylation sites (tertiary alicyclic amines) is 1. The van der Waals surface area contributed by atoms with Crippen LogP contribution in [0.4, 0.5) is 0 Å². The summed E-state index contributed by atoms with van der Waals surface area (Å²) >= 11 is 0. The number of hydrogen-bond donors (Lipinski definition) is 0. The average molecular weight is 307 g/mol. The smallest absolute Gasteiger partial charge is 0.339 e. The molecule has 0 bridgehead atoms. The zero-order chi connectivity index (χ0) is 15.9. The number of carbonyl (C=O) groups is 1. The SMILES string of the molecule is CC1CN(Cc2ccccc2)CCC12OC(=O)c1ccccc12. The summed E-state index contributed by atoms with van der Waals surface area (Å²) in [4.78, 5) is 14.7. The minimum absolute atomic E-state index is 0.163. The van der Waals surface area contributed by atoms with Crippen molar-refractivity contribution in [2.24, 2.45) is 5.92 Å². The molecule has 0 radical (unpaired) electrons. The molecule has 23 heavy (non-hydrogen) atoms. The van der Waals surface area contributed by atoms with Crippen LogP contribution < -0.4 is 0 Å². The van der Waals surface area contributed by atoms with Gasteiger partial charge < -0.3 is 4.74 Å². The first-order valence-corrected chi connectivity index (χ1v) is 8.28. The van der Waals surface area contributed by atoms with Crippen molar-refractivity contribution in [1.82, 2.24) is 4.90 Å². The average Bonchev–Trinajstić information content (AvgIpc) is 2.86. The Balaban J connectivity index is 1.56. The molecule has 0 saturated carbocycles. The van der Waals surface area contributed by atoms with Crippen LogP contribution in [0.2, 0.25) is 0 Å². The number of piperidine rings is 1. The number of rotatable bonds is 2. The Morgan fingerprint density at radius 3 is 2.65 bits per heavy atom. The van der Waals surface area contributed by atoms with Gasteiger partial charge in [0.25, 0.3) is 0 Å². The third-order valence-corrected chi connectivity index (χ3v) is 5.25. The van der Waals surface area contributed by atoms with E-state index >= 15 is 0 Å². The van der Waals surface area contributed by atoms with Gasteiger partial charge in [-0.05, 0) is 11.6 Å². The Kier molecular flexibility index (Phi) is 3.46. The topological polar surface area (TPSA) is 29.5 Å². The van der Waals surface area contributed by atoms with Gasteiger partial charge in [-0.1, -0.05) is 55.5 Å². The summed E-state index contributed by atoms with van der Waals surface area (Å²) in [6, 6.07) is 18.4. The fourth-order valence-corrected chi connectivity index (χ4v) is 4.04. The van der Waals surface area contributed by atoms with E-state index in [1.54, 1.807) is 0 Å². The molecule has 2 atom stereocenters. The minimum Gasteiger partial charge on any atom is -0.450 e. The van der Waals surface area contributed by atoms with Crippen LogP contribution >= 0.6 is 0 Å². The Hall–Kier alpha value is -2.13. The predicted molar refractivity (Wildman–Crippen MR) is 89.0 cm³/mol. The first-order valence-electron chi connectivity index (χ1n) is 8.28. The lowest BCUT2D eigenvalue weighted by Gasteiger charge is -2.43. The van der Waals surface area contributed by atoms with Gasteiger partial charge in [0, 0.05) is 37.5 Å². The van der Waals surface area contributed by atoms with Crippen molar-refractivity contribution in [2.75, 3.05) is 13.1 Å². The summed E-state index contributed by atoms with van der Waals surface area (Å²) in [5.74, 6) is 0.122. The van der Waals surface area contributed by atoms with Crippen molar-refractivity contribution >= 4 is 5.97 Å². The molecule has 4 rings (SSSR count). The molecule has 0 aromatic heterocycles. The van der Waals surface area contributed by atoms with Gasteiger partial charge in [0.1, 0.15) is 5.60 Å². The van der Waals surface area contributed by atoms with Crippen molar-refractivity contribution in [1.29, 1.82) is 0 Å². The van der Waals surface area contributed by atoms with Crippen molar-refractivity contribution in [3.8, 4) is 0 Å². The maximum atomic E-state index is 12.2. The fourth-order valence-electron chi connectivity index (χ4n) is 4.04. The molecule has 1 saturated heterocycles. The van der Waals surface area contributed by atoms with E-state index in [0.29, 0.717) is 0 Å². The number of carbonyl (C=O) groups excluding carboxylic acids is 1. The van der Waals surface area contributed by atoms with E-state index in [4.69, 9.17) is 4.74 Å². The normalized spacial score (nSPS) is 27.0. The standard InChI is InChI=1S/C20H21NO2/c1-15-13-21(14-16-7-3-2-4-8-16)12-11-20(15)18-10-6-5-9-17(18)19(22)23-20/h2-10,15H,11-14H2,1H3. The van der Waals surface area contributed by atoms with E-state index in [9.17, 15) is 4.79 Å². The Morgan fingerprint density at radius 1 is 1.13 bits per heavy atom. The maximum Gasteiger partial charge on any atom is 0.339 e. The van der Waals surface area contributed by atoms with E-state index in [0.717, 1.165) is 37.2 Å². The monoisotopic (exact) mass is 307 g/mol. The Morgan fingerprint density at radius 2 is 1.87 bits per heavy atom. The van der Waals surface area contributed by atoms with Crippen molar-refractivity contribution in [2.45, 2.75) is 25.5 Å². The molecule has 2 aliphatic rings. The molecule has 3 nitrogen and oxygen atoms in total. The lowest BCUT2D eigenvalue weighted by Crippen LogP contribution is -2.48. The number of nitrogens with zero attached hydrogens (tertiary/aromatic N) is 1. The molecule has 1 spiro atoms. The van der Waals surface area contributed by atoms with Gasteiger partial charge in [-0.3, -0.25) is 4.90 Å². The third-order valence-electron chi connectivity index (χ3n) is 5.25. The molecule has 3 heteroatoms. The molecule has 2 aliphatic heterocycles. The van der Waals surface area contributed by atoms with Gasteiger partial charge in [-0.15, -0.1) is 0 Å². The van der Waals surface area contributed by atoms with Crippen LogP contribution in [-0.4, -0.2) is 24.0 Å². The second-order valence-electron chi connectivity index (χ2n) is 6.70. The van der Waals surface area contributed by atoms with E-state index in [1.807, 2.05) is 24.3 Å². The highest BCUT2D eigenvalue weighted by molar-refractivity contribution is 5.94. The van der Waals surface area contributed by atoms with Crippen molar-refractivity contribution in [3.63, 3.8) is 0 Å². The number of esters is 1. The first-order chi connectivity index (χ1) is 11.2. The van der Waals surface area contributed by atoms with Gasteiger partial charge in [-0.2, -0.15) is 0 Å². The number of fused-ring (bicyclic) bond motifs is 2. The second kappa shape index (κ2) is 5.50. The summed E-state index contributed by atoms with van der Waals surface area (Å²) in [6.45, 7) is 5.04. The van der Waals surface area contributed by atoms with Gasteiger partial charge in [0.15, 0.2) is 0 Å². The molecular formula is C20H21NO2. The molecule has 2 aromatic carbocycles. The zero-order valence-electron chi connectivity index (χ0n) is 13.4. The van der Waals surface area contributed by atoms with Crippen LogP contribution in [0, 0.1) is 5.92 Å². The summed E-state index contributed by atoms with van der Waals surface area (Å²) in [5.41, 5.74) is 2.73. The molecule has 2 unspecified atom stereocenters. The first kappa shape index (κ1) is 14.5. The van der Waals surface area contributed by atoms with Crippen LogP contribution in [0.5, 0.6) is 0 Å². The Bertz CT molecular complexity index is 727. The van der Waals surface area contributed by atoms with Crippen LogP contribution in [-0.2, 0) is 16.9 Å². The van der Waals surface area contributed by atoms with E-state index < -0.39 is 5.60 Å². The largest absolute Gasteiger partial charge is 0.450 e. The van der Waals surface area contributed by atoms with Crippen molar-refractivity contribution < 1.29 is 9.53 Å². The summed E-state index contributed by atoms with van der Waals surface area (Å²) < 4.78 is 5.91. The number of ether oxygens (including phenoxy) is 1. The highest BCUT2D eigenvalue weighted by Gasteiger charge is 2.51. The molecule has 2 aromatic rings. The van der Waals surface area contributed by atoms with Crippen LogP contribution in [0.15, 0.2) is 54.6 Å². The van der Waals surface area contributed by atoms with Gasteiger partial charge in [0.05, 0.1) is 5.56 Å². The molecular weight excluding hydrogens is 286 g/mol. The molecule has 0 aliphatic carbocycles. The molecule has 118 valence electrons. The third kappa shape index (κ3) is 2.36. The van der Waals surface area contributed by atoms with Gasteiger partial charge in [0.2, 0.25) is 0 Å². The van der Waals surface area contributed by atoms with Crippen LogP contribution in [0.25, 0.3) is 0 Å². The lowest BCUT2D eigenvalue weighted by atomic mass is 9.76. The summed E-state index contributed by atoms with van der Waals surface area (Å²) in [6.07, 6.45) is 0.865. The maximum absolute atomic E-state index is 12.2. The zero-order valence-corrected chi connectivity index (χ0v) is 13.4. The predicted octanol–water partition coefficient (Wildman–Crippen LogP) is 3.59. The summed E-state index contributed by atoms with van der Waals surface area (Å²) in [5, 5.41) is 0. The van der Waals surface area contributed by atoms with Crippen molar-refractivity contribution in [3.05, 3.63) is 71.3 Å². The van der Waals surface area contributed by atoms with Gasteiger partial charge in [-0.25, -0.2) is 4.79 Å². The molecule has 0 N–H and O–H groups in total. The number of benzene rings is 2. The van der Waals surface area contributed by atoms with E-state index in [-0.39, 0.29) is 11.9 Å². The lowest BCUT2D eigenvalue weighted by molar-refractivity contribution is -0.0784. The van der Waals surface area contributed by atoms with E-state index in [1.165, 1.54) is 5.56 Å². The number of hydrogen-bond acceptors (Lipinski definition) is 3. The minimum atomic E-state index is -0.430. The molecule has 2 heterocycles. The van der Waals surface area contributed by atoms with E-state index in [2.05, 4.69) is 42.2 Å². The van der Waals surface area contributed by atoms with Crippen LogP contribution in [0.1, 0.15) is 34.8 Å². The van der Waals surface area contributed by atoms with Gasteiger partial charge >= 0.3 is 5.97 Å². The quantitative estimate of drug-likeness (QED) is 0.794. The molecule has 0 amide bonds. The highest BCUT2D eigenvalue weighted by Crippen LogP contribution is 2.47.